The number of anilines is 1. The summed E-state index contributed by atoms with van der Waals surface area (Å²) in [6, 6.07) is 8.52. The summed E-state index contributed by atoms with van der Waals surface area (Å²) in [5.41, 5.74) is 1.02. The lowest BCUT2D eigenvalue weighted by Gasteiger charge is -2.45. The Morgan fingerprint density at radius 2 is 1.60 bits per heavy atom. The predicted octanol–water partition coefficient (Wildman–Crippen LogP) is 4.76. The third kappa shape index (κ3) is 3.94. The molecule has 1 heterocycles. The largest absolute Gasteiger partial charge is 0.508 e. The van der Waals surface area contributed by atoms with Crippen LogP contribution in [0.15, 0.2) is 29.3 Å². The van der Waals surface area contributed by atoms with Gasteiger partial charge in [0.1, 0.15) is 5.75 Å². The van der Waals surface area contributed by atoms with Crippen molar-refractivity contribution in [3.63, 3.8) is 0 Å². The van der Waals surface area contributed by atoms with Gasteiger partial charge in [0, 0.05) is 18.3 Å². The quantitative estimate of drug-likeness (QED) is 0.463. The number of guanidine groups is 1. The molecule has 0 amide bonds. The van der Waals surface area contributed by atoms with Crippen LogP contribution in [0.3, 0.4) is 0 Å². The first-order valence-electron chi connectivity index (χ1n) is 10.2. The Bertz CT molecular complexity index is 590. The number of fused-ring (bicyclic) bond motifs is 1. The zero-order valence-electron chi connectivity index (χ0n) is 15.2. The third-order valence-corrected chi connectivity index (χ3v) is 6.27. The average molecular weight is 341 g/mol. The lowest BCUT2D eigenvalue weighted by molar-refractivity contribution is 0.119. The number of aliphatic imine (C=N–C) groups is 1. The number of benzene rings is 1. The highest BCUT2D eigenvalue weighted by Crippen LogP contribution is 2.36. The molecule has 2 unspecified atom stereocenters. The van der Waals surface area contributed by atoms with E-state index in [4.69, 9.17) is 4.99 Å². The standard InChI is InChI=1S/C21H31N3O/c25-19-13-11-18(12-14-19)23-21(22-17-8-2-3-9-17)24-15-5-7-16-6-1-4-10-20(16)24/h11-14,16-17,20,25H,1-10,15H2,(H,22,23). The van der Waals surface area contributed by atoms with Crippen LogP contribution in [0.25, 0.3) is 0 Å². The molecular formula is C21H31N3O. The van der Waals surface area contributed by atoms with Crippen LogP contribution in [-0.2, 0) is 0 Å². The van der Waals surface area contributed by atoms with E-state index in [9.17, 15) is 5.11 Å². The van der Waals surface area contributed by atoms with Crippen molar-refractivity contribution >= 4 is 11.6 Å². The highest BCUT2D eigenvalue weighted by molar-refractivity contribution is 5.94. The van der Waals surface area contributed by atoms with Gasteiger partial charge in [-0.1, -0.05) is 25.7 Å². The maximum absolute atomic E-state index is 9.56. The fraction of sp³-hybridized carbons (Fsp3) is 0.667. The Hall–Kier alpha value is -1.71. The second-order valence-corrected chi connectivity index (χ2v) is 8.01. The number of likely N-dealkylation sites (tertiary alicyclic amines) is 1. The van der Waals surface area contributed by atoms with Crippen molar-refractivity contribution in [2.24, 2.45) is 10.9 Å². The molecule has 0 spiro atoms. The van der Waals surface area contributed by atoms with Gasteiger partial charge in [-0.25, -0.2) is 4.99 Å². The highest BCUT2D eigenvalue weighted by Gasteiger charge is 2.35. The van der Waals surface area contributed by atoms with E-state index in [1.165, 1.54) is 64.2 Å². The van der Waals surface area contributed by atoms with Crippen LogP contribution in [0, 0.1) is 5.92 Å². The predicted molar refractivity (Wildman–Crippen MR) is 103 cm³/mol. The summed E-state index contributed by atoms with van der Waals surface area (Å²) in [5, 5.41) is 13.2. The molecule has 4 heteroatoms. The first-order chi connectivity index (χ1) is 12.3. The van der Waals surface area contributed by atoms with Gasteiger partial charge in [0.25, 0.3) is 0 Å². The topological polar surface area (TPSA) is 47.9 Å². The van der Waals surface area contributed by atoms with Crippen molar-refractivity contribution in [2.45, 2.75) is 76.3 Å². The van der Waals surface area contributed by atoms with Crippen LogP contribution in [0.1, 0.15) is 64.2 Å². The number of hydrogen-bond donors (Lipinski definition) is 2. The van der Waals surface area contributed by atoms with Gasteiger partial charge in [0.15, 0.2) is 5.96 Å². The number of phenols is 1. The molecule has 1 aromatic carbocycles. The minimum absolute atomic E-state index is 0.310. The van der Waals surface area contributed by atoms with Gasteiger partial charge in [-0.2, -0.15) is 0 Å². The SMILES string of the molecule is Oc1ccc(NC(=NC2CCCC2)N2CCCC3CCCCC32)cc1. The van der Waals surface area contributed by atoms with Crippen LogP contribution in [-0.4, -0.2) is 34.6 Å². The Kier molecular flexibility index (Phi) is 5.14. The average Bonchev–Trinajstić information content (AvgIpc) is 3.16. The Labute approximate surface area is 151 Å². The van der Waals surface area contributed by atoms with Gasteiger partial charge in [-0.3, -0.25) is 0 Å². The smallest absolute Gasteiger partial charge is 0.199 e. The molecule has 0 radical (unpaired) electrons. The molecule has 3 aliphatic rings. The number of aromatic hydroxyl groups is 1. The highest BCUT2D eigenvalue weighted by atomic mass is 16.3. The summed E-state index contributed by atoms with van der Waals surface area (Å²) in [4.78, 5) is 7.76. The maximum Gasteiger partial charge on any atom is 0.199 e. The zero-order valence-corrected chi connectivity index (χ0v) is 15.2. The first kappa shape index (κ1) is 16.7. The summed E-state index contributed by atoms with van der Waals surface area (Å²) in [5.74, 6) is 2.23. The lowest BCUT2D eigenvalue weighted by atomic mass is 9.78. The van der Waals surface area contributed by atoms with E-state index in [0.717, 1.165) is 24.1 Å². The molecule has 136 valence electrons. The van der Waals surface area contributed by atoms with Crippen LogP contribution in [0.5, 0.6) is 5.75 Å². The zero-order chi connectivity index (χ0) is 17.1. The second-order valence-electron chi connectivity index (χ2n) is 8.01. The molecule has 2 N–H and O–H groups in total. The summed E-state index contributed by atoms with van der Waals surface area (Å²) < 4.78 is 0. The van der Waals surface area contributed by atoms with Crippen molar-refractivity contribution in [1.29, 1.82) is 0 Å². The van der Waals surface area contributed by atoms with E-state index in [1.54, 1.807) is 12.1 Å². The molecular weight excluding hydrogens is 310 g/mol. The fourth-order valence-corrected chi connectivity index (χ4v) is 4.95. The molecule has 3 fully saturated rings. The van der Waals surface area contributed by atoms with E-state index < -0.39 is 0 Å². The minimum Gasteiger partial charge on any atom is -0.508 e. The maximum atomic E-state index is 9.56. The van der Waals surface area contributed by atoms with Crippen LogP contribution in [0.2, 0.25) is 0 Å². The summed E-state index contributed by atoms with van der Waals surface area (Å²) in [6.07, 6.45) is 13.2. The molecule has 2 aliphatic carbocycles. The minimum atomic E-state index is 0.310. The number of hydrogen-bond acceptors (Lipinski definition) is 2. The van der Waals surface area contributed by atoms with Gasteiger partial charge in [0.2, 0.25) is 0 Å². The van der Waals surface area contributed by atoms with Gasteiger partial charge >= 0.3 is 0 Å². The monoisotopic (exact) mass is 341 g/mol. The van der Waals surface area contributed by atoms with E-state index in [2.05, 4.69) is 10.2 Å². The van der Waals surface area contributed by atoms with Crippen molar-refractivity contribution in [1.82, 2.24) is 4.90 Å². The molecule has 1 saturated heterocycles. The van der Waals surface area contributed by atoms with Gasteiger partial charge in [-0.15, -0.1) is 0 Å². The number of piperidine rings is 1. The van der Waals surface area contributed by atoms with Crippen molar-refractivity contribution in [3.05, 3.63) is 24.3 Å². The second kappa shape index (κ2) is 7.67. The van der Waals surface area contributed by atoms with Crippen LogP contribution >= 0.6 is 0 Å². The van der Waals surface area contributed by atoms with Crippen LogP contribution < -0.4 is 5.32 Å². The normalized spacial score (nSPS) is 28.0. The molecule has 0 bridgehead atoms. The fourth-order valence-electron chi connectivity index (χ4n) is 4.95. The molecule has 25 heavy (non-hydrogen) atoms. The Morgan fingerprint density at radius 3 is 2.40 bits per heavy atom. The number of phenolic OH excluding ortho intramolecular Hbond substituents is 1. The summed E-state index contributed by atoms with van der Waals surface area (Å²) in [7, 11) is 0. The summed E-state index contributed by atoms with van der Waals surface area (Å²) in [6.45, 7) is 1.12. The molecule has 1 aromatic rings. The van der Waals surface area contributed by atoms with Gasteiger partial charge in [-0.05, 0) is 68.7 Å². The van der Waals surface area contributed by atoms with E-state index >= 15 is 0 Å². The van der Waals surface area contributed by atoms with E-state index in [1.807, 2.05) is 12.1 Å². The number of rotatable bonds is 2. The lowest BCUT2D eigenvalue weighted by Crippen LogP contribution is -2.52. The summed E-state index contributed by atoms with van der Waals surface area (Å²) >= 11 is 0. The number of nitrogens with zero attached hydrogens (tertiary/aromatic N) is 2. The van der Waals surface area contributed by atoms with Gasteiger partial charge in [0.05, 0.1) is 6.04 Å². The first-order valence-corrected chi connectivity index (χ1v) is 10.2. The Balaban J connectivity index is 1.58. The molecule has 2 atom stereocenters. The molecule has 1 aliphatic heterocycles. The van der Waals surface area contributed by atoms with E-state index in [-0.39, 0.29) is 0 Å². The number of nitrogens with one attached hydrogen (secondary N) is 1. The van der Waals surface area contributed by atoms with Crippen molar-refractivity contribution in [2.75, 3.05) is 11.9 Å². The van der Waals surface area contributed by atoms with Crippen LogP contribution in [0.4, 0.5) is 5.69 Å². The van der Waals surface area contributed by atoms with Gasteiger partial charge < -0.3 is 15.3 Å². The Morgan fingerprint density at radius 1 is 0.920 bits per heavy atom. The van der Waals surface area contributed by atoms with Crippen molar-refractivity contribution in [3.8, 4) is 5.75 Å². The molecule has 4 rings (SSSR count). The molecule has 0 aromatic heterocycles. The molecule has 4 nitrogen and oxygen atoms in total. The van der Waals surface area contributed by atoms with E-state index in [0.29, 0.717) is 17.8 Å². The molecule has 2 saturated carbocycles. The van der Waals surface area contributed by atoms with Crippen molar-refractivity contribution < 1.29 is 5.11 Å². The third-order valence-electron chi connectivity index (χ3n) is 6.27.